The van der Waals surface area contributed by atoms with Gasteiger partial charge in [0.15, 0.2) is 6.10 Å². The molecule has 2 aliphatic heterocycles. The molecular formula is C15H19N3O4. The Kier molecular flexibility index (Phi) is 3.98. The second-order valence-electron chi connectivity index (χ2n) is 5.50. The van der Waals surface area contributed by atoms with Crippen LogP contribution in [0, 0.1) is 6.92 Å². The van der Waals surface area contributed by atoms with E-state index >= 15 is 0 Å². The summed E-state index contributed by atoms with van der Waals surface area (Å²) in [7, 11) is 0. The maximum absolute atomic E-state index is 12.8. The van der Waals surface area contributed by atoms with E-state index in [1.807, 2.05) is 13.0 Å². The van der Waals surface area contributed by atoms with E-state index in [2.05, 4.69) is 4.98 Å². The summed E-state index contributed by atoms with van der Waals surface area (Å²) in [4.78, 5) is 31.8. The minimum atomic E-state index is -0.635. The van der Waals surface area contributed by atoms with Gasteiger partial charge in [0.05, 0.1) is 19.7 Å². The summed E-state index contributed by atoms with van der Waals surface area (Å²) in [5.41, 5.74) is 1.62. The second-order valence-corrected chi connectivity index (χ2v) is 5.50. The molecule has 1 fully saturated rings. The van der Waals surface area contributed by atoms with Gasteiger partial charge in [-0.15, -0.1) is 0 Å². The average Bonchev–Trinajstić information content (AvgIpc) is 2.53. The first-order valence-corrected chi connectivity index (χ1v) is 7.34. The van der Waals surface area contributed by atoms with Gasteiger partial charge in [0.2, 0.25) is 11.8 Å². The molecule has 118 valence electrons. The quantitative estimate of drug-likeness (QED) is 0.749. The molecule has 0 bridgehead atoms. The van der Waals surface area contributed by atoms with E-state index in [9.17, 15) is 9.59 Å². The van der Waals surface area contributed by atoms with Gasteiger partial charge in [0.1, 0.15) is 12.3 Å². The van der Waals surface area contributed by atoms with Crippen molar-refractivity contribution in [3.63, 3.8) is 0 Å². The van der Waals surface area contributed by atoms with Gasteiger partial charge in [-0.3, -0.25) is 9.59 Å². The van der Waals surface area contributed by atoms with E-state index in [-0.39, 0.29) is 11.8 Å². The Morgan fingerprint density at radius 2 is 2.14 bits per heavy atom. The highest BCUT2D eigenvalue weighted by Gasteiger charge is 2.34. The highest BCUT2D eigenvalue weighted by molar-refractivity contribution is 5.98. The lowest BCUT2D eigenvalue weighted by Gasteiger charge is -2.36. The van der Waals surface area contributed by atoms with Crippen molar-refractivity contribution in [2.45, 2.75) is 20.0 Å². The van der Waals surface area contributed by atoms with Crippen LogP contribution in [0.2, 0.25) is 0 Å². The van der Waals surface area contributed by atoms with Crippen LogP contribution in [0.4, 0.5) is 5.69 Å². The average molecular weight is 305 g/mol. The molecule has 3 heterocycles. The van der Waals surface area contributed by atoms with Gasteiger partial charge >= 0.3 is 0 Å². The Morgan fingerprint density at radius 1 is 1.32 bits per heavy atom. The van der Waals surface area contributed by atoms with Crippen molar-refractivity contribution in [3.05, 3.63) is 17.8 Å². The standard InChI is InChI=1S/C15H19N3O4/c1-10-7-12-14(16-8-10)22-6-4-18(12)15(20)13-9-17(11(2)19)3-5-21-13/h7-8,13H,3-6,9H2,1-2H3. The van der Waals surface area contributed by atoms with Crippen molar-refractivity contribution < 1.29 is 19.1 Å². The molecule has 1 atom stereocenters. The SMILES string of the molecule is CC(=O)N1CCOC(C(=O)N2CCOc3ncc(C)cc32)C1. The number of nitrogens with zero attached hydrogens (tertiary/aromatic N) is 3. The molecule has 3 rings (SSSR count). The van der Waals surface area contributed by atoms with Crippen molar-refractivity contribution in [2.75, 3.05) is 37.7 Å². The molecule has 0 N–H and O–H groups in total. The first-order valence-electron chi connectivity index (χ1n) is 7.34. The number of rotatable bonds is 1. The zero-order chi connectivity index (χ0) is 15.7. The third kappa shape index (κ3) is 2.76. The number of ether oxygens (including phenoxy) is 2. The number of pyridine rings is 1. The smallest absolute Gasteiger partial charge is 0.258 e. The molecule has 1 unspecified atom stereocenters. The number of anilines is 1. The Hall–Kier alpha value is -2.15. The molecule has 7 nitrogen and oxygen atoms in total. The number of fused-ring (bicyclic) bond motifs is 1. The predicted octanol–water partition coefficient (Wildman–Crippen LogP) is 0.363. The molecule has 0 spiro atoms. The van der Waals surface area contributed by atoms with E-state index in [1.54, 1.807) is 16.0 Å². The predicted molar refractivity (Wildman–Crippen MR) is 78.8 cm³/mol. The van der Waals surface area contributed by atoms with Crippen LogP contribution in [0.5, 0.6) is 5.88 Å². The van der Waals surface area contributed by atoms with Crippen molar-refractivity contribution in [3.8, 4) is 5.88 Å². The Balaban J connectivity index is 1.81. The largest absolute Gasteiger partial charge is 0.474 e. The minimum Gasteiger partial charge on any atom is -0.474 e. The van der Waals surface area contributed by atoms with E-state index < -0.39 is 6.10 Å². The van der Waals surface area contributed by atoms with Crippen LogP contribution in [-0.2, 0) is 14.3 Å². The molecule has 1 saturated heterocycles. The minimum absolute atomic E-state index is 0.0408. The number of aryl methyl sites for hydroxylation is 1. The Labute approximate surface area is 128 Å². The summed E-state index contributed by atoms with van der Waals surface area (Å²) in [6.45, 7) is 5.47. The maximum atomic E-state index is 12.8. The van der Waals surface area contributed by atoms with Crippen molar-refractivity contribution >= 4 is 17.5 Å². The number of aromatic nitrogens is 1. The van der Waals surface area contributed by atoms with E-state index in [0.29, 0.717) is 44.4 Å². The number of carbonyl (C=O) groups is 2. The summed E-state index contributed by atoms with van der Waals surface area (Å²) < 4.78 is 11.1. The van der Waals surface area contributed by atoms with Gasteiger partial charge in [0, 0.05) is 19.7 Å². The second kappa shape index (κ2) is 5.92. The van der Waals surface area contributed by atoms with Gasteiger partial charge < -0.3 is 19.3 Å². The van der Waals surface area contributed by atoms with E-state index in [0.717, 1.165) is 5.56 Å². The van der Waals surface area contributed by atoms with Crippen molar-refractivity contribution in [1.82, 2.24) is 9.88 Å². The summed E-state index contributed by atoms with van der Waals surface area (Å²) >= 11 is 0. The lowest BCUT2D eigenvalue weighted by Crippen LogP contribution is -2.53. The number of carbonyl (C=O) groups excluding carboxylic acids is 2. The summed E-state index contributed by atoms with van der Waals surface area (Å²) in [5, 5.41) is 0. The van der Waals surface area contributed by atoms with E-state index in [1.165, 1.54) is 6.92 Å². The molecule has 1 aromatic rings. The molecule has 0 aromatic carbocycles. The molecule has 0 aliphatic carbocycles. The Bertz CT molecular complexity index is 604. The van der Waals surface area contributed by atoms with Gasteiger partial charge in [-0.05, 0) is 18.6 Å². The summed E-state index contributed by atoms with van der Waals surface area (Å²) in [5.74, 6) is 0.272. The fourth-order valence-corrected chi connectivity index (χ4v) is 2.69. The third-order valence-electron chi connectivity index (χ3n) is 3.87. The van der Waals surface area contributed by atoms with Crippen LogP contribution in [0.25, 0.3) is 0 Å². The first kappa shape index (κ1) is 14.8. The molecular weight excluding hydrogens is 286 g/mol. The van der Waals surface area contributed by atoms with Gasteiger partial charge in [-0.25, -0.2) is 4.98 Å². The van der Waals surface area contributed by atoms with Crippen LogP contribution >= 0.6 is 0 Å². The monoisotopic (exact) mass is 305 g/mol. The van der Waals surface area contributed by atoms with E-state index in [4.69, 9.17) is 9.47 Å². The van der Waals surface area contributed by atoms with Crippen LogP contribution in [0.1, 0.15) is 12.5 Å². The fourth-order valence-electron chi connectivity index (χ4n) is 2.69. The lowest BCUT2D eigenvalue weighted by molar-refractivity contribution is -0.144. The first-order chi connectivity index (χ1) is 10.6. The zero-order valence-corrected chi connectivity index (χ0v) is 12.7. The molecule has 2 aliphatic rings. The van der Waals surface area contributed by atoms with Crippen LogP contribution in [-0.4, -0.2) is 60.7 Å². The maximum Gasteiger partial charge on any atom is 0.258 e. The van der Waals surface area contributed by atoms with Crippen molar-refractivity contribution in [2.24, 2.45) is 0 Å². The molecule has 2 amide bonds. The van der Waals surface area contributed by atoms with Crippen LogP contribution in [0.3, 0.4) is 0 Å². The van der Waals surface area contributed by atoms with Gasteiger partial charge in [-0.2, -0.15) is 0 Å². The number of hydrogen-bond acceptors (Lipinski definition) is 5. The molecule has 22 heavy (non-hydrogen) atoms. The molecule has 0 saturated carbocycles. The summed E-state index contributed by atoms with van der Waals surface area (Å²) in [6.07, 6.45) is 1.07. The highest BCUT2D eigenvalue weighted by atomic mass is 16.5. The normalized spacial score (nSPS) is 21.1. The molecule has 1 aromatic heterocycles. The fraction of sp³-hybridized carbons (Fsp3) is 0.533. The number of hydrogen-bond donors (Lipinski definition) is 0. The Morgan fingerprint density at radius 3 is 2.91 bits per heavy atom. The van der Waals surface area contributed by atoms with Crippen LogP contribution < -0.4 is 9.64 Å². The highest BCUT2D eigenvalue weighted by Crippen LogP contribution is 2.30. The lowest BCUT2D eigenvalue weighted by atomic mass is 10.2. The number of amides is 2. The topological polar surface area (TPSA) is 72.0 Å². The molecule has 7 heteroatoms. The zero-order valence-electron chi connectivity index (χ0n) is 12.7. The third-order valence-corrected chi connectivity index (χ3v) is 3.87. The summed E-state index contributed by atoms with van der Waals surface area (Å²) in [6, 6.07) is 1.88. The van der Waals surface area contributed by atoms with Gasteiger partial charge in [-0.1, -0.05) is 0 Å². The van der Waals surface area contributed by atoms with Crippen LogP contribution in [0.15, 0.2) is 12.3 Å². The molecule has 0 radical (unpaired) electrons. The van der Waals surface area contributed by atoms with Gasteiger partial charge in [0.25, 0.3) is 5.91 Å². The van der Waals surface area contributed by atoms with Crippen molar-refractivity contribution in [1.29, 1.82) is 0 Å². The number of morpholine rings is 1.